The third-order valence-corrected chi connectivity index (χ3v) is 2.31. The number of hydrogen-bond donors (Lipinski definition) is 1. The summed E-state index contributed by atoms with van der Waals surface area (Å²) < 4.78 is 6.74. The molecule has 2 rings (SSSR count). The lowest BCUT2D eigenvalue weighted by molar-refractivity contribution is 0.402. The smallest absolute Gasteiger partial charge is 0.263 e. The van der Waals surface area contributed by atoms with Gasteiger partial charge >= 0.3 is 0 Å². The second-order valence-corrected chi connectivity index (χ2v) is 4.74. The monoisotopic (exact) mass is 221 g/mol. The Bertz CT molecular complexity index is 506. The molecule has 0 saturated carbocycles. The fourth-order valence-corrected chi connectivity index (χ4v) is 1.25. The molecule has 16 heavy (non-hydrogen) atoms. The van der Waals surface area contributed by atoms with Gasteiger partial charge in [0.05, 0.1) is 6.20 Å². The molecule has 0 fully saturated rings. The first-order valence-corrected chi connectivity index (χ1v) is 5.01. The molecule has 0 unspecified atom stereocenters. The minimum atomic E-state index is -0.140. The van der Waals surface area contributed by atoms with Crippen LogP contribution in [-0.2, 0) is 12.5 Å². The molecule has 0 saturated heterocycles. The molecule has 0 aliphatic heterocycles. The molecule has 2 aromatic rings. The molecular weight excluding hydrogens is 206 g/mol. The largest absolute Gasteiger partial charge is 0.383 e. The van der Waals surface area contributed by atoms with Gasteiger partial charge in [0.15, 0.2) is 5.82 Å². The number of nitrogens with two attached hydrogens (primary N) is 1. The van der Waals surface area contributed by atoms with Crippen LogP contribution in [0.5, 0.6) is 0 Å². The average Bonchev–Trinajstić information content (AvgIpc) is 2.74. The summed E-state index contributed by atoms with van der Waals surface area (Å²) in [7, 11) is 1.76. The van der Waals surface area contributed by atoms with Gasteiger partial charge in [-0.2, -0.15) is 10.1 Å². The van der Waals surface area contributed by atoms with Gasteiger partial charge in [-0.15, -0.1) is 0 Å². The number of anilines is 1. The Morgan fingerprint density at radius 3 is 2.50 bits per heavy atom. The van der Waals surface area contributed by atoms with Gasteiger partial charge < -0.3 is 10.3 Å². The highest BCUT2D eigenvalue weighted by Crippen LogP contribution is 2.26. The molecule has 6 nitrogen and oxygen atoms in total. The van der Waals surface area contributed by atoms with Crippen molar-refractivity contribution in [2.24, 2.45) is 7.05 Å². The Morgan fingerprint density at radius 2 is 2.06 bits per heavy atom. The van der Waals surface area contributed by atoms with Gasteiger partial charge in [0.25, 0.3) is 5.89 Å². The van der Waals surface area contributed by atoms with Crippen LogP contribution in [0.3, 0.4) is 0 Å². The van der Waals surface area contributed by atoms with Gasteiger partial charge in [-0.3, -0.25) is 4.68 Å². The lowest BCUT2D eigenvalue weighted by atomic mass is 9.96. The molecule has 0 radical (unpaired) electrons. The molecule has 0 bridgehead atoms. The van der Waals surface area contributed by atoms with Crippen molar-refractivity contribution in [2.75, 3.05) is 5.73 Å². The van der Waals surface area contributed by atoms with E-state index in [0.717, 1.165) is 0 Å². The van der Waals surface area contributed by atoms with Crippen LogP contribution in [0.15, 0.2) is 10.7 Å². The second-order valence-electron chi connectivity index (χ2n) is 4.74. The Kier molecular flexibility index (Phi) is 2.22. The number of rotatable bonds is 1. The zero-order chi connectivity index (χ0) is 11.9. The lowest BCUT2D eigenvalue weighted by Crippen LogP contribution is -2.13. The van der Waals surface area contributed by atoms with Crippen LogP contribution in [0, 0.1) is 0 Å². The van der Waals surface area contributed by atoms with Gasteiger partial charge in [-0.25, -0.2) is 0 Å². The summed E-state index contributed by atoms with van der Waals surface area (Å²) in [6.07, 6.45) is 1.62. The second kappa shape index (κ2) is 3.33. The van der Waals surface area contributed by atoms with Crippen molar-refractivity contribution in [3.05, 3.63) is 12.0 Å². The fraction of sp³-hybridized carbons (Fsp3) is 0.500. The van der Waals surface area contributed by atoms with E-state index >= 15 is 0 Å². The van der Waals surface area contributed by atoms with E-state index in [-0.39, 0.29) is 5.41 Å². The van der Waals surface area contributed by atoms with Crippen molar-refractivity contribution in [1.82, 2.24) is 19.9 Å². The van der Waals surface area contributed by atoms with Crippen molar-refractivity contribution in [3.63, 3.8) is 0 Å². The van der Waals surface area contributed by atoms with E-state index < -0.39 is 0 Å². The zero-order valence-corrected chi connectivity index (χ0v) is 9.85. The topological polar surface area (TPSA) is 82.8 Å². The third kappa shape index (κ3) is 1.66. The van der Waals surface area contributed by atoms with Gasteiger partial charge in [0.2, 0.25) is 0 Å². The number of aromatic nitrogens is 4. The van der Waals surface area contributed by atoms with Gasteiger partial charge in [-0.1, -0.05) is 25.9 Å². The maximum atomic E-state index is 5.83. The fourth-order valence-electron chi connectivity index (χ4n) is 1.25. The standard InChI is InChI=1S/C10H15N5O/c1-10(2,3)9-13-8(16-14-9)6-5-12-15(4)7(6)11/h5H,11H2,1-4H3. The van der Waals surface area contributed by atoms with Crippen LogP contribution in [0.2, 0.25) is 0 Å². The number of nitrogen functional groups attached to an aromatic ring is 1. The first kappa shape index (κ1) is 10.7. The molecule has 0 amide bonds. The summed E-state index contributed by atoms with van der Waals surface area (Å²) in [5.41, 5.74) is 6.36. The predicted molar refractivity (Wildman–Crippen MR) is 59.6 cm³/mol. The van der Waals surface area contributed by atoms with Crippen molar-refractivity contribution >= 4 is 5.82 Å². The number of hydrogen-bond acceptors (Lipinski definition) is 5. The normalized spacial score (nSPS) is 12.0. The summed E-state index contributed by atoms with van der Waals surface area (Å²) in [4.78, 5) is 4.31. The average molecular weight is 221 g/mol. The highest BCUT2D eigenvalue weighted by molar-refractivity contribution is 5.66. The van der Waals surface area contributed by atoms with Crippen molar-refractivity contribution in [2.45, 2.75) is 26.2 Å². The molecule has 0 aliphatic carbocycles. The SMILES string of the molecule is Cn1ncc(-c2nc(C(C)(C)C)no2)c1N. The summed E-state index contributed by atoms with van der Waals surface area (Å²) in [5, 5.41) is 7.96. The predicted octanol–water partition coefficient (Wildman–Crippen LogP) is 1.35. The third-order valence-electron chi connectivity index (χ3n) is 2.31. The van der Waals surface area contributed by atoms with Crippen LogP contribution in [-0.4, -0.2) is 19.9 Å². The van der Waals surface area contributed by atoms with E-state index in [0.29, 0.717) is 23.1 Å². The summed E-state index contributed by atoms with van der Waals surface area (Å²) in [6, 6.07) is 0. The quantitative estimate of drug-likeness (QED) is 0.785. The first-order valence-electron chi connectivity index (χ1n) is 5.01. The minimum Gasteiger partial charge on any atom is -0.383 e. The molecule has 2 heterocycles. The van der Waals surface area contributed by atoms with Crippen LogP contribution < -0.4 is 5.73 Å². The van der Waals surface area contributed by atoms with Crippen molar-refractivity contribution in [1.29, 1.82) is 0 Å². The highest BCUT2D eigenvalue weighted by Gasteiger charge is 2.23. The van der Waals surface area contributed by atoms with E-state index in [1.165, 1.54) is 0 Å². The molecule has 86 valence electrons. The van der Waals surface area contributed by atoms with E-state index in [1.807, 2.05) is 20.8 Å². The molecular formula is C10H15N5O. The van der Waals surface area contributed by atoms with Gasteiger partial charge in [0.1, 0.15) is 11.4 Å². The maximum absolute atomic E-state index is 5.83. The molecule has 0 aliphatic rings. The Hall–Kier alpha value is -1.85. The maximum Gasteiger partial charge on any atom is 0.263 e. The lowest BCUT2D eigenvalue weighted by Gasteiger charge is -2.10. The van der Waals surface area contributed by atoms with Crippen LogP contribution >= 0.6 is 0 Å². The Morgan fingerprint density at radius 1 is 1.38 bits per heavy atom. The molecule has 6 heteroatoms. The van der Waals surface area contributed by atoms with Crippen molar-refractivity contribution < 1.29 is 4.52 Å². The Balaban J connectivity index is 2.43. The van der Waals surface area contributed by atoms with Crippen LogP contribution in [0.1, 0.15) is 26.6 Å². The highest BCUT2D eigenvalue weighted by atomic mass is 16.5. The summed E-state index contributed by atoms with van der Waals surface area (Å²) in [6.45, 7) is 6.07. The van der Waals surface area contributed by atoms with E-state index in [2.05, 4.69) is 15.2 Å². The number of aryl methyl sites for hydroxylation is 1. The summed E-state index contributed by atoms with van der Waals surface area (Å²) in [5.74, 6) is 1.59. The van der Waals surface area contributed by atoms with E-state index in [9.17, 15) is 0 Å². The molecule has 2 aromatic heterocycles. The van der Waals surface area contributed by atoms with E-state index in [1.54, 1.807) is 17.9 Å². The van der Waals surface area contributed by atoms with Crippen LogP contribution in [0.25, 0.3) is 11.5 Å². The van der Waals surface area contributed by atoms with Crippen molar-refractivity contribution in [3.8, 4) is 11.5 Å². The Labute approximate surface area is 93.4 Å². The van der Waals surface area contributed by atoms with Gasteiger partial charge in [-0.05, 0) is 0 Å². The van der Waals surface area contributed by atoms with E-state index in [4.69, 9.17) is 10.3 Å². The molecule has 2 N–H and O–H groups in total. The minimum absolute atomic E-state index is 0.140. The molecule has 0 aromatic carbocycles. The molecule has 0 spiro atoms. The van der Waals surface area contributed by atoms with Gasteiger partial charge in [0, 0.05) is 12.5 Å². The first-order chi connectivity index (χ1) is 7.39. The summed E-state index contributed by atoms with van der Waals surface area (Å²) >= 11 is 0. The zero-order valence-electron chi connectivity index (χ0n) is 9.85. The molecule has 0 atom stereocenters. The van der Waals surface area contributed by atoms with Crippen LogP contribution in [0.4, 0.5) is 5.82 Å². The number of nitrogens with zero attached hydrogens (tertiary/aromatic N) is 4.